The molecule has 210 valence electrons. The summed E-state index contributed by atoms with van der Waals surface area (Å²) in [5, 5.41) is 15.9. The summed E-state index contributed by atoms with van der Waals surface area (Å²) in [7, 11) is 0. The Labute approximate surface area is 223 Å². The summed E-state index contributed by atoms with van der Waals surface area (Å²) < 4.78 is 5.43. The first kappa shape index (κ1) is 32.3. The fourth-order valence-electron chi connectivity index (χ4n) is 3.99. The number of carbonyl (C=O) groups is 3. The second-order valence-corrected chi connectivity index (χ2v) is 11.7. The summed E-state index contributed by atoms with van der Waals surface area (Å²) >= 11 is 0. The smallest absolute Gasteiger partial charge is 0.408 e. The molecule has 1 aromatic rings. The Morgan fingerprint density at radius 1 is 1.05 bits per heavy atom. The number of rotatable bonds is 12. The van der Waals surface area contributed by atoms with E-state index in [-0.39, 0.29) is 23.5 Å². The number of ether oxygens (including phenoxy) is 1. The fraction of sp³-hybridized carbons (Fsp3) is 0.690. The molecule has 37 heavy (non-hydrogen) atoms. The molecule has 0 bridgehead atoms. The lowest BCUT2D eigenvalue weighted by atomic mass is 9.90. The van der Waals surface area contributed by atoms with Crippen LogP contribution in [0.2, 0.25) is 0 Å². The highest BCUT2D eigenvalue weighted by Gasteiger charge is 2.43. The quantitative estimate of drug-likeness (QED) is 0.311. The summed E-state index contributed by atoms with van der Waals surface area (Å²) in [4.78, 5) is 42.3. The number of carbonyl (C=O) groups excluding carboxylic acids is 3. The normalized spacial score (nSPS) is 13.6. The Bertz CT molecular complexity index is 921. The van der Waals surface area contributed by atoms with Crippen molar-refractivity contribution in [1.29, 1.82) is 0 Å². The number of aromatic hydroxyl groups is 1. The first-order chi connectivity index (χ1) is 17.1. The van der Waals surface area contributed by atoms with Gasteiger partial charge in [-0.3, -0.25) is 9.59 Å². The molecule has 3 amide bonds. The van der Waals surface area contributed by atoms with Gasteiger partial charge in [0.05, 0.1) is 0 Å². The lowest BCUT2D eigenvalue weighted by Gasteiger charge is -2.45. The van der Waals surface area contributed by atoms with Gasteiger partial charge in [0, 0.05) is 12.1 Å². The summed E-state index contributed by atoms with van der Waals surface area (Å²) in [5.41, 5.74) is -0.244. The number of nitrogens with zero attached hydrogens (tertiary/aromatic N) is 1. The number of unbranched alkanes of at least 4 members (excludes halogenated alkanes) is 2. The molecule has 2 unspecified atom stereocenters. The number of amides is 3. The Hall–Kier alpha value is -2.77. The van der Waals surface area contributed by atoms with Gasteiger partial charge >= 0.3 is 6.09 Å². The standard InChI is InChI=1S/C29H49N3O5/c1-11-13-14-17-30-25(34)24(21-15-16-22(33)20(5)18-21)32(29(9,10)12-2)26(35)23(19(3)4)31-27(36)37-28(6,7)8/h15-16,18-19,23-24,33H,11-14,17H2,1-10H3,(H,30,34)(H,31,36). The van der Waals surface area contributed by atoms with Crippen LogP contribution in [0.3, 0.4) is 0 Å². The molecule has 0 saturated heterocycles. The van der Waals surface area contributed by atoms with Gasteiger partial charge < -0.3 is 25.4 Å². The molecule has 1 aromatic carbocycles. The third kappa shape index (κ3) is 9.56. The Balaban J connectivity index is 3.60. The van der Waals surface area contributed by atoms with E-state index in [2.05, 4.69) is 17.6 Å². The summed E-state index contributed by atoms with van der Waals surface area (Å²) in [6.07, 6.45) is 2.74. The van der Waals surface area contributed by atoms with Gasteiger partial charge in [0.15, 0.2) is 0 Å². The Morgan fingerprint density at radius 2 is 1.68 bits per heavy atom. The monoisotopic (exact) mass is 519 g/mol. The van der Waals surface area contributed by atoms with Crippen molar-refractivity contribution in [2.75, 3.05) is 6.54 Å². The number of aryl methyl sites for hydroxylation is 1. The van der Waals surface area contributed by atoms with Crippen LogP contribution in [0.5, 0.6) is 5.75 Å². The van der Waals surface area contributed by atoms with E-state index in [1.54, 1.807) is 50.8 Å². The minimum absolute atomic E-state index is 0.116. The van der Waals surface area contributed by atoms with E-state index >= 15 is 0 Å². The van der Waals surface area contributed by atoms with E-state index in [4.69, 9.17) is 4.74 Å². The number of alkyl carbamates (subject to hydrolysis) is 1. The van der Waals surface area contributed by atoms with Gasteiger partial charge in [-0.1, -0.05) is 46.6 Å². The number of benzene rings is 1. The number of hydrogen-bond donors (Lipinski definition) is 3. The molecule has 1 rings (SSSR count). The number of hydrogen-bond acceptors (Lipinski definition) is 5. The van der Waals surface area contributed by atoms with E-state index in [0.29, 0.717) is 24.1 Å². The second kappa shape index (κ2) is 13.7. The Kier molecular flexibility index (Phi) is 11.9. The molecular weight excluding hydrogens is 470 g/mol. The van der Waals surface area contributed by atoms with Gasteiger partial charge in [0.2, 0.25) is 11.8 Å². The molecule has 0 heterocycles. The number of phenols is 1. The van der Waals surface area contributed by atoms with Gasteiger partial charge in [0.25, 0.3) is 0 Å². The third-order valence-electron chi connectivity index (χ3n) is 6.48. The van der Waals surface area contributed by atoms with E-state index in [1.807, 2.05) is 34.6 Å². The van der Waals surface area contributed by atoms with Crippen molar-refractivity contribution in [2.24, 2.45) is 5.92 Å². The molecular formula is C29H49N3O5. The predicted molar refractivity (Wildman–Crippen MR) is 147 cm³/mol. The molecule has 3 N–H and O–H groups in total. The maximum Gasteiger partial charge on any atom is 0.408 e. The topological polar surface area (TPSA) is 108 Å². The number of phenolic OH excluding ortho intramolecular Hbond substituents is 1. The van der Waals surface area contributed by atoms with E-state index in [9.17, 15) is 19.5 Å². The van der Waals surface area contributed by atoms with Crippen LogP contribution in [-0.2, 0) is 14.3 Å². The summed E-state index contributed by atoms with van der Waals surface area (Å²) in [6, 6.07) is 3.10. The summed E-state index contributed by atoms with van der Waals surface area (Å²) in [5.74, 6) is -0.807. The third-order valence-corrected chi connectivity index (χ3v) is 6.48. The van der Waals surface area contributed by atoms with Crippen LogP contribution in [0.15, 0.2) is 18.2 Å². The fourth-order valence-corrected chi connectivity index (χ4v) is 3.99. The molecule has 8 nitrogen and oxygen atoms in total. The van der Waals surface area contributed by atoms with Crippen LogP contribution < -0.4 is 10.6 Å². The van der Waals surface area contributed by atoms with Crippen molar-refractivity contribution in [3.05, 3.63) is 29.3 Å². The van der Waals surface area contributed by atoms with Crippen molar-refractivity contribution in [1.82, 2.24) is 15.5 Å². The molecule has 8 heteroatoms. The SMILES string of the molecule is CCCCCNC(=O)C(c1ccc(O)c(C)c1)N(C(=O)C(NC(=O)OC(C)(C)C)C(C)C)C(C)(C)CC. The molecule has 0 fully saturated rings. The minimum Gasteiger partial charge on any atom is -0.508 e. The molecule has 0 aromatic heterocycles. The average Bonchev–Trinajstić information content (AvgIpc) is 2.78. The van der Waals surface area contributed by atoms with Crippen LogP contribution in [0, 0.1) is 12.8 Å². The molecule has 0 saturated carbocycles. The highest BCUT2D eigenvalue weighted by atomic mass is 16.6. The van der Waals surface area contributed by atoms with Crippen LogP contribution in [0.4, 0.5) is 4.79 Å². The van der Waals surface area contributed by atoms with Crippen molar-refractivity contribution in [3.63, 3.8) is 0 Å². The zero-order chi connectivity index (χ0) is 28.6. The van der Waals surface area contributed by atoms with Crippen LogP contribution in [0.1, 0.15) is 105 Å². The zero-order valence-corrected chi connectivity index (χ0v) is 24.5. The van der Waals surface area contributed by atoms with Crippen molar-refractivity contribution in [2.45, 2.75) is 118 Å². The molecule has 0 aliphatic heterocycles. The zero-order valence-electron chi connectivity index (χ0n) is 24.5. The summed E-state index contributed by atoms with van der Waals surface area (Å²) in [6.45, 7) is 19.1. The van der Waals surface area contributed by atoms with Crippen LogP contribution >= 0.6 is 0 Å². The lowest BCUT2D eigenvalue weighted by molar-refractivity contribution is -0.150. The van der Waals surface area contributed by atoms with Crippen molar-refractivity contribution in [3.8, 4) is 5.75 Å². The van der Waals surface area contributed by atoms with Crippen LogP contribution in [0.25, 0.3) is 0 Å². The molecule has 0 radical (unpaired) electrons. The van der Waals surface area contributed by atoms with Gasteiger partial charge in [-0.25, -0.2) is 4.79 Å². The van der Waals surface area contributed by atoms with E-state index in [0.717, 1.165) is 19.3 Å². The second-order valence-electron chi connectivity index (χ2n) is 11.7. The lowest BCUT2D eigenvalue weighted by Crippen LogP contribution is -2.60. The first-order valence-electron chi connectivity index (χ1n) is 13.5. The van der Waals surface area contributed by atoms with E-state index < -0.39 is 29.3 Å². The maximum absolute atomic E-state index is 14.3. The molecule has 0 spiro atoms. The first-order valence-corrected chi connectivity index (χ1v) is 13.5. The predicted octanol–water partition coefficient (Wildman–Crippen LogP) is 5.61. The minimum atomic E-state index is -0.954. The molecule has 2 atom stereocenters. The molecule has 0 aliphatic rings. The average molecular weight is 520 g/mol. The van der Waals surface area contributed by atoms with Crippen molar-refractivity contribution >= 4 is 17.9 Å². The van der Waals surface area contributed by atoms with Crippen LogP contribution in [-0.4, -0.2) is 51.6 Å². The maximum atomic E-state index is 14.3. The molecule has 0 aliphatic carbocycles. The Morgan fingerprint density at radius 3 is 2.16 bits per heavy atom. The highest BCUT2D eigenvalue weighted by Crippen LogP contribution is 2.34. The van der Waals surface area contributed by atoms with Crippen molar-refractivity contribution < 1.29 is 24.2 Å². The van der Waals surface area contributed by atoms with Gasteiger partial charge in [-0.2, -0.15) is 0 Å². The van der Waals surface area contributed by atoms with Gasteiger partial charge in [0.1, 0.15) is 23.4 Å². The highest BCUT2D eigenvalue weighted by molar-refractivity contribution is 5.93. The van der Waals surface area contributed by atoms with Gasteiger partial charge in [-0.05, 0) is 83.6 Å². The van der Waals surface area contributed by atoms with E-state index in [1.165, 1.54) is 0 Å². The number of nitrogens with one attached hydrogen (secondary N) is 2. The van der Waals surface area contributed by atoms with Gasteiger partial charge in [-0.15, -0.1) is 0 Å². The largest absolute Gasteiger partial charge is 0.508 e.